The molecule has 7 heteroatoms. The van der Waals surface area contributed by atoms with Crippen molar-refractivity contribution in [2.75, 3.05) is 20.2 Å². The van der Waals surface area contributed by atoms with Crippen LogP contribution in [0.1, 0.15) is 5.56 Å². The number of guanidine groups is 1. The number of halogens is 1. The number of thiocarbonyl (C=S) groups is 1. The van der Waals surface area contributed by atoms with Crippen molar-refractivity contribution in [2.45, 2.75) is 6.61 Å². The molecule has 0 heterocycles. The Kier molecular flexibility index (Phi) is 8.86. The third kappa shape index (κ3) is 7.61. The summed E-state index contributed by atoms with van der Waals surface area (Å²) < 4.78 is 5.53. The summed E-state index contributed by atoms with van der Waals surface area (Å²) in [5.74, 6) is 0.297. The minimum Gasteiger partial charge on any atom is -0.375 e. The van der Waals surface area contributed by atoms with Crippen molar-refractivity contribution in [3.8, 4) is 0 Å². The number of likely N-dealkylation sites (N-methyl/N-ethyl adjacent to an activating group) is 1. The number of nitrogens with zero attached hydrogens (tertiary/aromatic N) is 2. The highest BCUT2D eigenvalue weighted by Gasteiger charge is 2.02. The summed E-state index contributed by atoms with van der Waals surface area (Å²) in [7, 11) is 1.81. The topological polar surface area (TPSA) is 76.9 Å². The van der Waals surface area contributed by atoms with Crippen LogP contribution in [0.4, 0.5) is 0 Å². The molecule has 0 atom stereocenters. The molecule has 0 aliphatic carbocycles. The van der Waals surface area contributed by atoms with Gasteiger partial charge in [-0.1, -0.05) is 30.3 Å². The van der Waals surface area contributed by atoms with E-state index in [0.717, 1.165) is 5.56 Å². The van der Waals surface area contributed by atoms with Crippen LogP contribution >= 0.6 is 24.6 Å². The van der Waals surface area contributed by atoms with E-state index in [1.54, 1.807) is 4.90 Å². The molecule has 0 aromatic heterocycles. The van der Waals surface area contributed by atoms with Crippen molar-refractivity contribution in [2.24, 2.45) is 16.5 Å². The molecule has 0 aliphatic heterocycles. The molecule has 106 valence electrons. The van der Waals surface area contributed by atoms with E-state index in [1.807, 2.05) is 37.4 Å². The van der Waals surface area contributed by atoms with E-state index in [-0.39, 0.29) is 17.5 Å². The molecule has 1 rings (SSSR count). The number of rotatable bonds is 5. The monoisotopic (exact) mass is 302 g/mol. The molecule has 1 aromatic carbocycles. The summed E-state index contributed by atoms with van der Waals surface area (Å²) in [6, 6.07) is 9.98. The Labute approximate surface area is 125 Å². The van der Waals surface area contributed by atoms with Gasteiger partial charge in [-0.05, 0) is 17.8 Å². The first-order valence-corrected chi connectivity index (χ1v) is 5.97. The van der Waals surface area contributed by atoms with E-state index >= 15 is 0 Å². The molecule has 0 saturated heterocycles. The second kappa shape index (κ2) is 9.55. The molecule has 0 fully saturated rings. The van der Waals surface area contributed by atoms with Gasteiger partial charge in [0.25, 0.3) is 0 Å². The Balaban J connectivity index is 0.00000324. The standard InChI is InChI=1S/C12H18N4OS.ClH/c1-16(11(13)15-12(14)18)7-8-17-9-10-5-3-2-4-6-10;/h2-6H,7-9H2,1H3,(H4,13,14,15,18);1H. The summed E-state index contributed by atoms with van der Waals surface area (Å²) in [5, 5.41) is 0.0320. The van der Waals surface area contributed by atoms with E-state index in [4.69, 9.17) is 16.2 Å². The number of ether oxygens (including phenoxy) is 1. The molecule has 0 unspecified atom stereocenters. The van der Waals surface area contributed by atoms with E-state index in [0.29, 0.717) is 25.7 Å². The van der Waals surface area contributed by atoms with E-state index in [2.05, 4.69) is 17.2 Å². The van der Waals surface area contributed by atoms with Crippen molar-refractivity contribution >= 4 is 35.7 Å². The fourth-order valence-corrected chi connectivity index (χ4v) is 1.37. The molecule has 0 amide bonds. The number of benzene rings is 1. The van der Waals surface area contributed by atoms with Crippen molar-refractivity contribution in [3.05, 3.63) is 35.9 Å². The lowest BCUT2D eigenvalue weighted by Crippen LogP contribution is -2.37. The number of hydrogen-bond acceptors (Lipinski definition) is 2. The third-order valence-electron chi connectivity index (χ3n) is 2.30. The van der Waals surface area contributed by atoms with Gasteiger partial charge in [0.1, 0.15) is 0 Å². The molecule has 0 saturated carbocycles. The molecule has 4 N–H and O–H groups in total. The zero-order valence-electron chi connectivity index (χ0n) is 10.8. The highest BCUT2D eigenvalue weighted by Crippen LogP contribution is 2.00. The van der Waals surface area contributed by atoms with Crippen LogP contribution in [0, 0.1) is 0 Å². The van der Waals surface area contributed by atoms with Crippen LogP contribution in [0.5, 0.6) is 0 Å². The summed E-state index contributed by atoms with van der Waals surface area (Å²) in [4.78, 5) is 5.53. The summed E-state index contributed by atoms with van der Waals surface area (Å²) in [6.07, 6.45) is 0. The van der Waals surface area contributed by atoms with Gasteiger partial charge in [0.05, 0.1) is 13.2 Å². The van der Waals surface area contributed by atoms with Gasteiger partial charge in [-0.2, -0.15) is 4.99 Å². The van der Waals surface area contributed by atoms with Crippen molar-refractivity contribution in [1.82, 2.24) is 4.90 Å². The second-order valence-electron chi connectivity index (χ2n) is 3.77. The van der Waals surface area contributed by atoms with Crippen LogP contribution in [0.2, 0.25) is 0 Å². The Morgan fingerprint density at radius 1 is 1.32 bits per heavy atom. The van der Waals surface area contributed by atoms with E-state index in [9.17, 15) is 0 Å². The Hall–Kier alpha value is -1.37. The number of aliphatic imine (C=N–C) groups is 1. The zero-order valence-corrected chi connectivity index (χ0v) is 12.4. The van der Waals surface area contributed by atoms with Gasteiger partial charge in [0.15, 0.2) is 11.1 Å². The highest BCUT2D eigenvalue weighted by molar-refractivity contribution is 7.80. The number of nitrogens with two attached hydrogens (primary N) is 2. The molecule has 19 heavy (non-hydrogen) atoms. The molecule has 5 nitrogen and oxygen atoms in total. The zero-order chi connectivity index (χ0) is 13.4. The quantitative estimate of drug-likeness (QED) is 0.369. The van der Waals surface area contributed by atoms with Gasteiger partial charge in [-0.15, -0.1) is 12.4 Å². The molecule has 0 bridgehead atoms. The summed E-state index contributed by atoms with van der Waals surface area (Å²) in [6.45, 7) is 1.77. The van der Waals surface area contributed by atoms with Gasteiger partial charge in [-0.25, -0.2) is 0 Å². The minimum absolute atomic E-state index is 0. The van der Waals surface area contributed by atoms with Crippen LogP contribution in [-0.2, 0) is 11.3 Å². The first-order valence-electron chi connectivity index (χ1n) is 5.56. The second-order valence-corrected chi connectivity index (χ2v) is 4.19. The fourth-order valence-electron chi connectivity index (χ4n) is 1.28. The van der Waals surface area contributed by atoms with E-state index < -0.39 is 0 Å². The maximum atomic E-state index is 5.66. The molecular weight excluding hydrogens is 284 g/mol. The maximum Gasteiger partial charge on any atom is 0.198 e. The Bertz CT molecular complexity index is 413. The fraction of sp³-hybridized carbons (Fsp3) is 0.333. The van der Waals surface area contributed by atoms with Crippen molar-refractivity contribution in [3.63, 3.8) is 0 Å². The van der Waals surface area contributed by atoms with Crippen molar-refractivity contribution in [1.29, 1.82) is 0 Å². The highest BCUT2D eigenvalue weighted by atomic mass is 35.5. The largest absolute Gasteiger partial charge is 0.375 e. The van der Waals surface area contributed by atoms with Gasteiger partial charge in [0.2, 0.25) is 0 Å². The first kappa shape index (κ1) is 17.6. The van der Waals surface area contributed by atoms with Gasteiger partial charge >= 0.3 is 0 Å². The SMILES string of the molecule is CN(CCOCc1ccccc1)/C(N)=N/C(N)=S.Cl. The minimum atomic E-state index is 0. The Morgan fingerprint density at radius 2 is 1.95 bits per heavy atom. The first-order chi connectivity index (χ1) is 8.59. The van der Waals surface area contributed by atoms with Crippen molar-refractivity contribution < 1.29 is 4.74 Å². The smallest absolute Gasteiger partial charge is 0.198 e. The van der Waals surface area contributed by atoms with Crippen LogP contribution in [0.25, 0.3) is 0 Å². The summed E-state index contributed by atoms with van der Waals surface area (Å²) >= 11 is 4.64. The van der Waals surface area contributed by atoms with E-state index in [1.165, 1.54) is 0 Å². The van der Waals surface area contributed by atoms with Crippen LogP contribution in [0.3, 0.4) is 0 Å². The molecule has 0 aliphatic rings. The molecular formula is C12H19ClN4OS. The average Bonchev–Trinajstić information content (AvgIpc) is 2.34. The average molecular weight is 303 g/mol. The van der Waals surface area contributed by atoms with Gasteiger partial charge in [-0.3, -0.25) is 0 Å². The third-order valence-corrected chi connectivity index (χ3v) is 2.39. The van der Waals surface area contributed by atoms with Crippen LogP contribution in [0.15, 0.2) is 35.3 Å². The van der Waals surface area contributed by atoms with Crippen LogP contribution in [-0.4, -0.2) is 36.2 Å². The lowest BCUT2D eigenvalue weighted by Gasteiger charge is -2.17. The Morgan fingerprint density at radius 3 is 2.53 bits per heavy atom. The predicted octanol–water partition coefficient (Wildman–Crippen LogP) is 1.12. The van der Waals surface area contributed by atoms with Gasteiger partial charge < -0.3 is 21.1 Å². The number of hydrogen-bond donors (Lipinski definition) is 2. The maximum absolute atomic E-state index is 5.66. The predicted molar refractivity (Wildman–Crippen MR) is 84.4 cm³/mol. The molecule has 1 aromatic rings. The lowest BCUT2D eigenvalue weighted by atomic mass is 10.2. The summed E-state index contributed by atoms with van der Waals surface area (Å²) in [5.41, 5.74) is 12.1. The normalized spacial score (nSPS) is 10.7. The molecule has 0 spiro atoms. The van der Waals surface area contributed by atoms with Crippen LogP contribution < -0.4 is 11.5 Å². The molecule has 0 radical (unpaired) electrons. The van der Waals surface area contributed by atoms with Gasteiger partial charge in [0, 0.05) is 13.6 Å². The lowest BCUT2D eigenvalue weighted by molar-refractivity contribution is 0.112.